The van der Waals surface area contributed by atoms with Gasteiger partial charge in [0.25, 0.3) is 0 Å². The molecule has 0 aliphatic rings. The Bertz CT molecular complexity index is 347. The SMILES string of the molecule is CC(=O)NCc1ncc(C(=O)O)cn1. The molecule has 6 nitrogen and oxygen atoms in total. The van der Waals surface area contributed by atoms with Crippen molar-refractivity contribution >= 4 is 11.9 Å². The highest BCUT2D eigenvalue weighted by atomic mass is 16.4. The van der Waals surface area contributed by atoms with Crippen molar-refractivity contribution in [3.63, 3.8) is 0 Å². The first-order chi connectivity index (χ1) is 6.59. The zero-order valence-electron chi connectivity index (χ0n) is 7.52. The third kappa shape index (κ3) is 2.81. The molecule has 0 unspecified atom stereocenters. The van der Waals surface area contributed by atoms with E-state index in [4.69, 9.17) is 5.11 Å². The molecule has 1 heterocycles. The molecule has 0 atom stereocenters. The van der Waals surface area contributed by atoms with Gasteiger partial charge in [-0.15, -0.1) is 0 Å². The van der Waals surface area contributed by atoms with E-state index in [2.05, 4.69) is 15.3 Å². The number of carbonyl (C=O) groups is 2. The summed E-state index contributed by atoms with van der Waals surface area (Å²) in [5, 5.41) is 11.0. The highest BCUT2D eigenvalue weighted by Gasteiger charge is 2.03. The summed E-state index contributed by atoms with van der Waals surface area (Å²) < 4.78 is 0. The Labute approximate surface area is 80.0 Å². The van der Waals surface area contributed by atoms with Crippen molar-refractivity contribution in [2.24, 2.45) is 0 Å². The van der Waals surface area contributed by atoms with Crippen LogP contribution < -0.4 is 5.32 Å². The van der Waals surface area contributed by atoms with Gasteiger partial charge in [0.05, 0.1) is 12.1 Å². The second kappa shape index (κ2) is 4.31. The number of hydrogen-bond acceptors (Lipinski definition) is 4. The lowest BCUT2D eigenvalue weighted by atomic mass is 10.3. The minimum Gasteiger partial charge on any atom is -0.478 e. The van der Waals surface area contributed by atoms with Crippen LogP contribution in [0.4, 0.5) is 0 Å². The maximum atomic E-state index is 10.5. The number of nitrogens with zero attached hydrogens (tertiary/aromatic N) is 2. The summed E-state index contributed by atoms with van der Waals surface area (Å²) in [4.78, 5) is 28.5. The summed E-state index contributed by atoms with van der Waals surface area (Å²) in [5.41, 5.74) is 0.0246. The minimum atomic E-state index is -1.07. The summed E-state index contributed by atoms with van der Waals surface area (Å²) in [6.45, 7) is 1.58. The maximum Gasteiger partial charge on any atom is 0.338 e. The van der Waals surface area contributed by atoms with Gasteiger partial charge < -0.3 is 10.4 Å². The molecule has 0 bridgehead atoms. The molecular weight excluding hydrogens is 186 g/mol. The summed E-state index contributed by atoms with van der Waals surface area (Å²) in [7, 11) is 0. The van der Waals surface area contributed by atoms with Gasteiger partial charge in [-0.2, -0.15) is 0 Å². The Morgan fingerprint density at radius 2 is 2.00 bits per heavy atom. The van der Waals surface area contributed by atoms with E-state index >= 15 is 0 Å². The number of amides is 1. The van der Waals surface area contributed by atoms with Crippen LogP contribution in [0.15, 0.2) is 12.4 Å². The third-order valence-corrected chi connectivity index (χ3v) is 1.45. The van der Waals surface area contributed by atoms with Crippen molar-refractivity contribution in [3.8, 4) is 0 Å². The van der Waals surface area contributed by atoms with Crippen LogP contribution in [0.5, 0.6) is 0 Å². The van der Waals surface area contributed by atoms with Crippen LogP contribution in [-0.4, -0.2) is 27.0 Å². The van der Waals surface area contributed by atoms with Gasteiger partial charge in [0.2, 0.25) is 5.91 Å². The number of aromatic nitrogens is 2. The van der Waals surface area contributed by atoms with Crippen LogP contribution in [0.25, 0.3) is 0 Å². The van der Waals surface area contributed by atoms with Gasteiger partial charge in [0.1, 0.15) is 5.82 Å². The predicted octanol–water partition coefficient (Wildman–Crippen LogP) is -0.189. The summed E-state index contributed by atoms with van der Waals surface area (Å²) >= 11 is 0. The standard InChI is InChI=1S/C8H9N3O3/c1-5(12)9-4-7-10-2-6(3-11-7)8(13)14/h2-3H,4H2,1H3,(H,9,12)(H,13,14). The number of carboxylic acid groups (broad SMARTS) is 1. The van der Waals surface area contributed by atoms with Crippen LogP contribution in [0.2, 0.25) is 0 Å². The van der Waals surface area contributed by atoms with E-state index in [0.29, 0.717) is 5.82 Å². The van der Waals surface area contributed by atoms with Gasteiger partial charge in [-0.3, -0.25) is 4.79 Å². The molecule has 0 aliphatic heterocycles. The van der Waals surface area contributed by atoms with E-state index in [9.17, 15) is 9.59 Å². The zero-order valence-corrected chi connectivity index (χ0v) is 7.52. The second-order valence-corrected chi connectivity index (χ2v) is 2.60. The predicted molar refractivity (Wildman–Crippen MR) is 46.5 cm³/mol. The van der Waals surface area contributed by atoms with Crippen LogP contribution in [0.1, 0.15) is 23.1 Å². The lowest BCUT2D eigenvalue weighted by molar-refractivity contribution is -0.119. The molecule has 1 aromatic rings. The molecule has 2 N–H and O–H groups in total. The maximum absolute atomic E-state index is 10.5. The molecule has 0 aliphatic carbocycles. The molecule has 74 valence electrons. The van der Waals surface area contributed by atoms with Crippen molar-refractivity contribution < 1.29 is 14.7 Å². The Morgan fingerprint density at radius 3 is 2.43 bits per heavy atom. The van der Waals surface area contributed by atoms with Gasteiger partial charge in [-0.1, -0.05) is 0 Å². The number of rotatable bonds is 3. The van der Waals surface area contributed by atoms with Gasteiger partial charge in [-0.25, -0.2) is 14.8 Å². The van der Waals surface area contributed by atoms with Crippen molar-refractivity contribution in [2.45, 2.75) is 13.5 Å². The normalized spacial score (nSPS) is 9.50. The smallest absolute Gasteiger partial charge is 0.338 e. The van der Waals surface area contributed by atoms with E-state index in [1.807, 2.05) is 0 Å². The molecule has 0 spiro atoms. The average molecular weight is 195 g/mol. The lowest BCUT2D eigenvalue weighted by Crippen LogP contribution is -2.20. The first kappa shape index (κ1) is 10.1. The molecule has 1 aromatic heterocycles. The van der Waals surface area contributed by atoms with Crippen molar-refractivity contribution in [1.29, 1.82) is 0 Å². The quantitative estimate of drug-likeness (QED) is 0.697. The highest BCUT2D eigenvalue weighted by Crippen LogP contribution is 1.95. The van der Waals surface area contributed by atoms with Crippen molar-refractivity contribution in [2.75, 3.05) is 0 Å². The Kier molecular flexibility index (Phi) is 3.11. The van der Waals surface area contributed by atoms with Crippen LogP contribution in [0.3, 0.4) is 0 Å². The zero-order chi connectivity index (χ0) is 10.6. The number of nitrogens with one attached hydrogen (secondary N) is 1. The molecule has 6 heteroatoms. The van der Waals surface area contributed by atoms with E-state index in [1.165, 1.54) is 19.3 Å². The summed E-state index contributed by atoms with van der Waals surface area (Å²) in [6, 6.07) is 0. The largest absolute Gasteiger partial charge is 0.478 e. The fraction of sp³-hybridized carbons (Fsp3) is 0.250. The molecule has 14 heavy (non-hydrogen) atoms. The van der Waals surface area contributed by atoms with Crippen molar-refractivity contribution in [3.05, 3.63) is 23.8 Å². The molecule has 1 amide bonds. The highest BCUT2D eigenvalue weighted by molar-refractivity contribution is 5.86. The molecule has 0 saturated carbocycles. The van der Waals surface area contributed by atoms with E-state index in [-0.39, 0.29) is 18.0 Å². The van der Waals surface area contributed by atoms with Gasteiger partial charge in [0, 0.05) is 19.3 Å². The van der Waals surface area contributed by atoms with Gasteiger partial charge >= 0.3 is 5.97 Å². The molecular formula is C8H9N3O3. The van der Waals surface area contributed by atoms with E-state index < -0.39 is 5.97 Å². The van der Waals surface area contributed by atoms with E-state index in [0.717, 1.165) is 0 Å². The first-order valence-corrected chi connectivity index (χ1v) is 3.88. The Hall–Kier alpha value is -1.98. The fourth-order valence-electron chi connectivity index (χ4n) is 0.760. The summed E-state index contributed by atoms with van der Waals surface area (Å²) in [6.07, 6.45) is 2.40. The number of hydrogen-bond donors (Lipinski definition) is 2. The molecule has 0 radical (unpaired) electrons. The molecule has 0 fully saturated rings. The van der Waals surface area contributed by atoms with Crippen LogP contribution in [-0.2, 0) is 11.3 Å². The van der Waals surface area contributed by atoms with Crippen molar-refractivity contribution in [1.82, 2.24) is 15.3 Å². The molecule has 1 rings (SSSR count). The number of aromatic carboxylic acids is 1. The molecule has 0 saturated heterocycles. The topological polar surface area (TPSA) is 92.2 Å². The van der Waals surface area contributed by atoms with Gasteiger partial charge in [0.15, 0.2) is 0 Å². The average Bonchev–Trinajstić information content (AvgIpc) is 2.15. The number of carboxylic acids is 1. The molecule has 0 aromatic carbocycles. The Balaban J connectivity index is 2.64. The first-order valence-electron chi connectivity index (χ1n) is 3.88. The van der Waals surface area contributed by atoms with Crippen LogP contribution in [0, 0.1) is 0 Å². The Morgan fingerprint density at radius 1 is 1.43 bits per heavy atom. The third-order valence-electron chi connectivity index (χ3n) is 1.45. The van der Waals surface area contributed by atoms with Crippen LogP contribution >= 0.6 is 0 Å². The van der Waals surface area contributed by atoms with E-state index in [1.54, 1.807) is 0 Å². The fourth-order valence-corrected chi connectivity index (χ4v) is 0.760. The summed E-state index contributed by atoms with van der Waals surface area (Å²) in [5.74, 6) is -0.878. The second-order valence-electron chi connectivity index (χ2n) is 2.60. The minimum absolute atomic E-state index is 0.0246. The van der Waals surface area contributed by atoms with Gasteiger partial charge in [-0.05, 0) is 0 Å². The monoisotopic (exact) mass is 195 g/mol. The number of carbonyl (C=O) groups excluding carboxylic acids is 1. The lowest BCUT2D eigenvalue weighted by Gasteiger charge is -2.00.